The number of aliphatic hydroxyl groups is 1. The molecule has 9 nitrogen and oxygen atoms in total. The number of anilines is 2. The molecule has 0 aliphatic carbocycles. The van der Waals surface area contributed by atoms with Crippen LogP contribution in [0.5, 0.6) is 0 Å². The molecule has 208 valence electrons. The number of carbonyl (C=O) groups is 1. The molecule has 1 amide bonds. The molecule has 5 rings (SSSR count). The van der Waals surface area contributed by atoms with E-state index in [2.05, 4.69) is 29.0 Å². The van der Waals surface area contributed by atoms with Gasteiger partial charge in [-0.25, -0.2) is 9.97 Å². The number of benzene rings is 1. The maximum atomic E-state index is 12.9. The average molecular weight is 541 g/mol. The number of pyridine rings is 3. The molecule has 1 aliphatic rings. The maximum absolute atomic E-state index is 12.9. The predicted molar refractivity (Wildman–Crippen MR) is 158 cm³/mol. The summed E-state index contributed by atoms with van der Waals surface area (Å²) in [6.07, 6.45) is 2.09. The Kier molecular flexibility index (Phi) is 8.23. The Balaban J connectivity index is 1.32. The monoisotopic (exact) mass is 540 g/mol. The lowest BCUT2D eigenvalue weighted by molar-refractivity contribution is -0.00545. The van der Waals surface area contributed by atoms with E-state index in [0.717, 1.165) is 52.4 Å². The van der Waals surface area contributed by atoms with E-state index < -0.39 is 0 Å². The molecule has 0 saturated carbocycles. The summed E-state index contributed by atoms with van der Waals surface area (Å²) in [4.78, 5) is 31.4. The molecule has 2 N–H and O–H groups in total. The van der Waals surface area contributed by atoms with Crippen molar-refractivity contribution in [1.82, 2.24) is 20.3 Å². The SMILES string of the molecule is Cc1ccc(C(=O)NCc2cc3nc(-c4cccc(N5C[C@@H](C)O[C@@H](C)C5)n4)ccc3cn2)cc1N(C)CCO. The van der Waals surface area contributed by atoms with Gasteiger partial charge in [-0.1, -0.05) is 12.1 Å². The van der Waals surface area contributed by atoms with Crippen LogP contribution >= 0.6 is 0 Å². The molecule has 1 aliphatic heterocycles. The number of fused-ring (bicyclic) bond motifs is 1. The molecule has 4 aromatic rings. The van der Waals surface area contributed by atoms with Gasteiger partial charge in [-0.3, -0.25) is 9.78 Å². The van der Waals surface area contributed by atoms with Gasteiger partial charge in [0.1, 0.15) is 5.82 Å². The predicted octanol–water partition coefficient (Wildman–Crippen LogP) is 3.97. The number of ether oxygens (including phenoxy) is 1. The molecule has 9 heteroatoms. The van der Waals surface area contributed by atoms with Crippen molar-refractivity contribution in [1.29, 1.82) is 0 Å². The Labute approximate surface area is 234 Å². The minimum Gasteiger partial charge on any atom is -0.395 e. The van der Waals surface area contributed by atoms with Crippen LogP contribution < -0.4 is 15.1 Å². The third kappa shape index (κ3) is 6.21. The normalized spacial score (nSPS) is 17.2. The zero-order valence-electron chi connectivity index (χ0n) is 23.5. The largest absolute Gasteiger partial charge is 0.395 e. The van der Waals surface area contributed by atoms with Gasteiger partial charge < -0.3 is 25.0 Å². The van der Waals surface area contributed by atoms with Crippen molar-refractivity contribution >= 4 is 28.3 Å². The number of nitrogens with zero attached hydrogens (tertiary/aromatic N) is 5. The first-order chi connectivity index (χ1) is 19.3. The molecule has 2 atom stereocenters. The van der Waals surface area contributed by atoms with Crippen molar-refractivity contribution in [2.24, 2.45) is 0 Å². The quantitative estimate of drug-likeness (QED) is 0.346. The zero-order chi connectivity index (χ0) is 28.2. The van der Waals surface area contributed by atoms with Gasteiger partial charge >= 0.3 is 0 Å². The van der Waals surface area contributed by atoms with Crippen molar-refractivity contribution in [2.45, 2.75) is 39.5 Å². The van der Waals surface area contributed by atoms with Crippen LogP contribution in [0.25, 0.3) is 22.3 Å². The average Bonchev–Trinajstić information content (AvgIpc) is 2.95. The van der Waals surface area contributed by atoms with Crippen LogP contribution in [0.1, 0.15) is 35.5 Å². The highest BCUT2D eigenvalue weighted by Crippen LogP contribution is 2.25. The fourth-order valence-corrected chi connectivity index (χ4v) is 5.11. The van der Waals surface area contributed by atoms with Crippen LogP contribution in [0.2, 0.25) is 0 Å². The molecule has 0 radical (unpaired) electrons. The molecular formula is C31H36N6O3. The van der Waals surface area contributed by atoms with Crippen LogP contribution in [0, 0.1) is 6.92 Å². The highest BCUT2D eigenvalue weighted by molar-refractivity contribution is 5.95. The molecule has 4 heterocycles. The van der Waals surface area contributed by atoms with Crippen molar-refractivity contribution in [3.05, 3.63) is 77.6 Å². The van der Waals surface area contributed by atoms with E-state index in [9.17, 15) is 9.90 Å². The van der Waals surface area contributed by atoms with Crippen LogP contribution in [0.3, 0.4) is 0 Å². The van der Waals surface area contributed by atoms with Crippen LogP contribution in [-0.4, -0.2) is 71.5 Å². The standard InChI is InChI=1S/C31H36N6O3/c1-20-8-9-23(14-29(20)36(4)12-13-38)31(39)33-17-25-15-28-24(16-32-25)10-11-27(34-28)26-6-5-7-30(35-26)37-18-21(2)40-22(3)19-37/h5-11,14-16,21-22,38H,12-13,17-19H2,1-4H3,(H,33,39)/t21-,22+. The minimum absolute atomic E-state index is 0.0453. The van der Waals surface area contributed by atoms with Gasteiger partial charge in [0.25, 0.3) is 5.91 Å². The Morgan fingerprint density at radius 3 is 2.62 bits per heavy atom. The maximum Gasteiger partial charge on any atom is 0.251 e. The second-order valence-corrected chi connectivity index (χ2v) is 10.4. The molecule has 40 heavy (non-hydrogen) atoms. The summed E-state index contributed by atoms with van der Waals surface area (Å²) in [6, 6.07) is 17.5. The molecule has 0 bridgehead atoms. The summed E-state index contributed by atoms with van der Waals surface area (Å²) >= 11 is 0. The zero-order valence-corrected chi connectivity index (χ0v) is 23.5. The fourth-order valence-electron chi connectivity index (χ4n) is 5.11. The first-order valence-electron chi connectivity index (χ1n) is 13.6. The Morgan fingerprint density at radius 2 is 1.85 bits per heavy atom. The molecule has 1 fully saturated rings. The number of carbonyl (C=O) groups excluding carboxylic acids is 1. The van der Waals surface area contributed by atoms with E-state index in [1.807, 2.05) is 73.5 Å². The number of aryl methyl sites for hydroxylation is 1. The molecule has 3 aromatic heterocycles. The van der Waals surface area contributed by atoms with Crippen LogP contribution in [-0.2, 0) is 11.3 Å². The lowest BCUT2D eigenvalue weighted by Crippen LogP contribution is -2.45. The number of hydrogen-bond acceptors (Lipinski definition) is 8. The van der Waals surface area contributed by atoms with Crippen molar-refractivity contribution in [3.8, 4) is 11.4 Å². The third-order valence-corrected chi connectivity index (χ3v) is 7.12. The number of likely N-dealkylation sites (N-methyl/N-ethyl adjacent to an activating group) is 1. The number of hydrogen-bond donors (Lipinski definition) is 2. The Hall–Kier alpha value is -4.08. The van der Waals surface area contributed by atoms with Crippen molar-refractivity contribution < 1.29 is 14.6 Å². The minimum atomic E-state index is -0.185. The van der Waals surface area contributed by atoms with E-state index in [-0.39, 0.29) is 31.3 Å². The van der Waals surface area contributed by atoms with Crippen molar-refractivity contribution in [3.63, 3.8) is 0 Å². The van der Waals surface area contributed by atoms with E-state index in [0.29, 0.717) is 17.8 Å². The molecule has 0 unspecified atom stereocenters. The number of morpholine rings is 1. The first-order valence-corrected chi connectivity index (χ1v) is 13.6. The number of aromatic nitrogens is 3. The second-order valence-electron chi connectivity index (χ2n) is 10.4. The Morgan fingerprint density at radius 1 is 1.07 bits per heavy atom. The third-order valence-electron chi connectivity index (χ3n) is 7.12. The van der Waals surface area contributed by atoms with Gasteiger partial charge in [0.05, 0.1) is 48.0 Å². The smallest absolute Gasteiger partial charge is 0.251 e. The number of nitrogens with one attached hydrogen (secondary N) is 1. The highest BCUT2D eigenvalue weighted by Gasteiger charge is 2.23. The van der Waals surface area contributed by atoms with Crippen LogP contribution in [0.15, 0.2) is 60.8 Å². The van der Waals surface area contributed by atoms with Gasteiger partial charge in [-0.15, -0.1) is 0 Å². The highest BCUT2D eigenvalue weighted by atomic mass is 16.5. The van der Waals surface area contributed by atoms with E-state index in [1.165, 1.54) is 0 Å². The summed E-state index contributed by atoms with van der Waals surface area (Å²) < 4.78 is 5.88. The summed E-state index contributed by atoms with van der Waals surface area (Å²) in [5, 5.41) is 13.2. The van der Waals surface area contributed by atoms with Gasteiger partial charge in [0.15, 0.2) is 0 Å². The number of aliphatic hydroxyl groups excluding tert-OH is 1. The van der Waals surface area contributed by atoms with Gasteiger partial charge in [-0.2, -0.15) is 0 Å². The fraction of sp³-hybridized carbons (Fsp3) is 0.355. The summed E-state index contributed by atoms with van der Waals surface area (Å²) in [7, 11) is 1.90. The second kappa shape index (κ2) is 12.0. The molecule has 1 saturated heterocycles. The summed E-state index contributed by atoms with van der Waals surface area (Å²) in [5.41, 5.74) is 5.61. The van der Waals surface area contributed by atoms with Crippen molar-refractivity contribution in [2.75, 3.05) is 43.1 Å². The number of rotatable bonds is 8. The molecular weight excluding hydrogens is 504 g/mol. The summed E-state index contributed by atoms with van der Waals surface area (Å²) in [5.74, 6) is 0.733. The van der Waals surface area contributed by atoms with E-state index in [4.69, 9.17) is 14.7 Å². The number of amides is 1. The van der Waals surface area contributed by atoms with Crippen LogP contribution in [0.4, 0.5) is 11.5 Å². The first kappa shape index (κ1) is 27.5. The summed E-state index contributed by atoms with van der Waals surface area (Å²) in [6.45, 7) is 8.57. The lowest BCUT2D eigenvalue weighted by atomic mass is 10.1. The van der Waals surface area contributed by atoms with Gasteiger partial charge in [0, 0.05) is 49.5 Å². The Bertz CT molecular complexity index is 1500. The molecule has 0 spiro atoms. The topological polar surface area (TPSA) is 104 Å². The molecule has 1 aromatic carbocycles. The van der Waals surface area contributed by atoms with Gasteiger partial charge in [0.2, 0.25) is 0 Å². The van der Waals surface area contributed by atoms with E-state index >= 15 is 0 Å². The lowest BCUT2D eigenvalue weighted by Gasteiger charge is -2.36. The van der Waals surface area contributed by atoms with Gasteiger partial charge in [-0.05, 0) is 68.8 Å². The van der Waals surface area contributed by atoms with E-state index in [1.54, 1.807) is 6.20 Å².